The molecule has 6 heteroatoms. The molecule has 2 aromatic rings. The Labute approximate surface area is 168 Å². The highest BCUT2D eigenvalue weighted by Gasteiger charge is 2.18. The van der Waals surface area contributed by atoms with E-state index < -0.39 is 10.0 Å². The normalized spacial score (nSPS) is 11.4. The molecule has 0 radical (unpaired) electrons. The predicted molar refractivity (Wildman–Crippen MR) is 117 cm³/mol. The van der Waals surface area contributed by atoms with E-state index in [1.54, 1.807) is 0 Å². The number of hydrogen-bond donors (Lipinski definition) is 1. The fraction of sp³-hybridized carbons (Fsp3) is 0.409. The maximum Gasteiger partial charge on any atom is 0.232 e. The van der Waals surface area contributed by atoms with Crippen LogP contribution in [-0.4, -0.2) is 27.1 Å². The van der Waals surface area contributed by atoms with Gasteiger partial charge in [-0.25, -0.2) is 8.42 Å². The molecule has 0 spiro atoms. The standard InChI is InChI=1S/C22H30N2O3S/c1-15-12-18(4)22(19(5)13-15)23-21(25)8-7-11-24(28(6,26)27)20-10-9-16(2)17(3)14-20/h9-10,12-14H,7-8,11H2,1-6H3,(H,23,25). The minimum Gasteiger partial charge on any atom is -0.326 e. The molecule has 0 aromatic heterocycles. The SMILES string of the molecule is Cc1cc(C)c(NC(=O)CCCN(c2ccc(C)c(C)c2)S(C)(=O)=O)c(C)c1. The first-order valence-corrected chi connectivity index (χ1v) is 11.3. The number of rotatable bonds is 7. The van der Waals surface area contributed by atoms with Gasteiger partial charge < -0.3 is 5.32 Å². The first-order chi connectivity index (χ1) is 13.0. The summed E-state index contributed by atoms with van der Waals surface area (Å²) in [6, 6.07) is 9.66. The van der Waals surface area contributed by atoms with Gasteiger partial charge in [0.25, 0.3) is 0 Å². The average Bonchev–Trinajstić information content (AvgIpc) is 2.56. The first kappa shape index (κ1) is 22.0. The summed E-state index contributed by atoms with van der Waals surface area (Å²) in [5, 5.41) is 2.97. The van der Waals surface area contributed by atoms with Crippen molar-refractivity contribution in [1.29, 1.82) is 0 Å². The van der Waals surface area contributed by atoms with Crippen molar-refractivity contribution in [2.75, 3.05) is 22.4 Å². The minimum atomic E-state index is -3.42. The number of nitrogens with one attached hydrogen (secondary N) is 1. The van der Waals surface area contributed by atoms with E-state index >= 15 is 0 Å². The maximum absolute atomic E-state index is 12.4. The summed E-state index contributed by atoms with van der Waals surface area (Å²) in [4.78, 5) is 12.4. The smallest absolute Gasteiger partial charge is 0.232 e. The highest BCUT2D eigenvalue weighted by Crippen LogP contribution is 2.23. The van der Waals surface area contributed by atoms with Gasteiger partial charge >= 0.3 is 0 Å². The second kappa shape index (κ2) is 8.78. The Hall–Kier alpha value is -2.34. The third kappa shape index (κ3) is 5.58. The van der Waals surface area contributed by atoms with Crippen LogP contribution in [0.5, 0.6) is 0 Å². The van der Waals surface area contributed by atoms with Gasteiger partial charge in [-0.05, 0) is 75.4 Å². The topological polar surface area (TPSA) is 66.5 Å². The molecular formula is C22H30N2O3S. The van der Waals surface area contributed by atoms with Crippen LogP contribution in [0.25, 0.3) is 0 Å². The average molecular weight is 403 g/mol. The van der Waals surface area contributed by atoms with Crippen molar-refractivity contribution in [2.45, 2.75) is 47.5 Å². The van der Waals surface area contributed by atoms with Gasteiger partial charge in [0.1, 0.15) is 0 Å². The Morgan fingerprint density at radius 3 is 2.07 bits per heavy atom. The second-order valence-corrected chi connectivity index (χ2v) is 9.44. The molecule has 0 unspecified atom stereocenters. The van der Waals surface area contributed by atoms with E-state index in [-0.39, 0.29) is 18.9 Å². The van der Waals surface area contributed by atoms with E-state index in [9.17, 15) is 13.2 Å². The van der Waals surface area contributed by atoms with Crippen LogP contribution in [0, 0.1) is 34.6 Å². The number of carbonyl (C=O) groups is 1. The summed E-state index contributed by atoms with van der Waals surface area (Å²) < 4.78 is 25.9. The number of anilines is 2. The minimum absolute atomic E-state index is 0.108. The molecule has 28 heavy (non-hydrogen) atoms. The van der Waals surface area contributed by atoms with Crippen LogP contribution in [-0.2, 0) is 14.8 Å². The lowest BCUT2D eigenvalue weighted by Crippen LogP contribution is -2.31. The molecule has 152 valence electrons. The Bertz CT molecular complexity index is 958. The molecular weight excluding hydrogens is 372 g/mol. The van der Waals surface area contributed by atoms with Gasteiger partial charge in [-0.1, -0.05) is 23.8 Å². The number of nitrogens with zero attached hydrogens (tertiary/aromatic N) is 1. The first-order valence-electron chi connectivity index (χ1n) is 9.41. The van der Waals surface area contributed by atoms with Gasteiger partial charge in [-0.2, -0.15) is 0 Å². The third-order valence-corrected chi connectivity index (χ3v) is 6.08. The molecule has 2 rings (SSSR count). The highest BCUT2D eigenvalue weighted by atomic mass is 32.2. The van der Waals surface area contributed by atoms with Crippen molar-refractivity contribution in [3.05, 3.63) is 58.1 Å². The van der Waals surface area contributed by atoms with Crippen LogP contribution in [0.2, 0.25) is 0 Å². The Balaban J connectivity index is 2.04. The molecule has 0 fully saturated rings. The van der Waals surface area contributed by atoms with Crippen molar-refractivity contribution >= 4 is 27.3 Å². The Morgan fingerprint density at radius 2 is 1.54 bits per heavy atom. The zero-order valence-corrected chi connectivity index (χ0v) is 18.4. The lowest BCUT2D eigenvalue weighted by atomic mass is 10.0. The number of hydrogen-bond acceptors (Lipinski definition) is 3. The quantitative estimate of drug-likeness (QED) is 0.746. The van der Waals surface area contributed by atoms with Gasteiger partial charge in [-0.3, -0.25) is 9.10 Å². The summed E-state index contributed by atoms with van der Waals surface area (Å²) in [5.41, 5.74) is 6.83. The summed E-state index contributed by atoms with van der Waals surface area (Å²) in [6.07, 6.45) is 1.89. The van der Waals surface area contributed by atoms with E-state index in [1.165, 1.54) is 10.6 Å². The summed E-state index contributed by atoms with van der Waals surface area (Å²) in [7, 11) is -3.42. The van der Waals surface area contributed by atoms with E-state index in [2.05, 4.69) is 5.32 Å². The summed E-state index contributed by atoms with van der Waals surface area (Å²) >= 11 is 0. The molecule has 0 aliphatic carbocycles. The van der Waals surface area contributed by atoms with E-state index in [0.717, 1.165) is 33.5 Å². The maximum atomic E-state index is 12.4. The monoisotopic (exact) mass is 402 g/mol. The molecule has 1 N–H and O–H groups in total. The molecule has 1 amide bonds. The lowest BCUT2D eigenvalue weighted by molar-refractivity contribution is -0.116. The van der Waals surface area contributed by atoms with E-state index in [1.807, 2.05) is 65.0 Å². The van der Waals surface area contributed by atoms with Crippen molar-refractivity contribution in [3.8, 4) is 0 Å². The van der Waals surface area contributed by atoms with Crippen LogP contribution < -0.4 is 9.62 Å². The molecule has 0 saturated carbocycles. The van der Waals surface area contributed by atoms with Crippen molar-refractivity contribution < 1.29 is 13.2 Å². The fourth-order valence-electron chi connectivity index (χ4n) is 3.33. The molecule has 0 saturated heterocycles. The number of sulfonamides is 1. The summed E-state index contributed by atoms with van der Waals surface area (Å²) in [6.45, 7) is 10.2. The Kier molecular flexibility index (Phi) is 6.88. The van der Waals surface area contributed by atoms with E-state index in [0.29, 0.717) is 12.1 Å². The summed E-state index contributed by atoms with van der Waals surface area (Å²) in [5.74, 6) is -0.108. The van der Waals surface area contributed by atoms with Crippen LogP contribution >= 0.6 is 0 Å². The highest BCUT2D eigenvalue weighted by molar-refractivity contribution is 7.92. The van der Waals surface area contributed by atoms with Crippen molar-refractivity contribution in [1.82, 2.24) is 0 Å². The zero-order valence-electron chi connectivity index (χ0n) is 17.6. The van der Waals surface area contributed by atoms with Crippen molar-refractivity contribution in [3.63, 3.8) is 0 Å². The van der Waals surface area contributed by atoms with Crippen molar-refractivity contribution in [2.24, 2.45) is 0 Å². The number of carbonyl (C=O) groups excluding carboxylic acids is 1. The van der Waals surface area contributed by atoms with Crippen LogP contribution in [0.3, 0.4) is 0 Å². The molecule has 0 atom stereocenters. The molecule has 0 aliphatic rings. The molecule has 5 nitrogen and oxygen atoms in total. The zero-order chi connectivity index (χ0) is 21.1. The van der Waals surface area contributed by atoms with E-state index in [4.69, 9.17) is 0 Å². The van der Waals surface area contributed by atoms with Gasteiger partial charge in [0.2, 0.25) is 15.9 Å². The number of amides is 1. The van der Waals surface area contributed by atoms with Gasteiger partial charge in [-0.15, -0.1) is 0 Å². The van der Waals surface area contributed by atoms with Gasteiger partial charge in [0.15, 0.2) is 0 Å². The van der Waals surface area contributed by atoms with Crippen LogP contribution in [0.1, 0.15) is 40.7 Å². The van der Waals surface area contributed by atoms with Gasteiger partial charge in [0.05, 0.1) is 11.9 Å². The molecule has 0 heterocycles. The lowest BCUT2D eigenvalue weighted by Gasteiger charge is -2.23. The molecule has 2 aromatic carbocycles. The van der Waals surface area contributed by atoms with Crippen LogP contribution in [0.4, 0.5) is 11.4 Å². The number of benzene rings is 2. The third-order valence-electron chi connectivity index (χ3n) is 4.89. The number of aryl methyl sites for hydroxylation is 5. The fourth-order valence-corrected chi connectivity index (χ4v) is 4.29. The Morgan fingerprint density at radius 1 is 0.929 bits per heavy atom. The molecule has 0 bridgehead atoms. The molecule has 0 aliphatic heterocycles. The largest absolute Gasteiger partial charge is 0.326 e. The predicted octanol–water partition coefficient (Wildman–Crippen LogP) is 4.41. The van der Waals surface area contributed by atoms with Gasteiger partial charge in [0, 0.05) is 18.7 Å². The van der Waals surface area contributed by atoms with Crippen LogP contribution in [0.15, 0.2) is 30.3 Å². The second-order valence-electron chi connectivity index (χ2n) is 7.53.